The number of rotatable bonds is 8. The Balaban J connectivity index is 2.14. The van der Waals surface area contributed by atoms with Gasteiger partial charge in [0.1, 0.15) is 12.2 Å². The van der Waals surface area contributed by atoms with Gasteiger partial charge in [0.25, 0.3) is 0 Å². The third-order valence-electron chi connectivity index (χ3n) is 1.92. The average molecular weight is 268 g/mol. The Bertz CT molecular complexity index is 225. The standard InChI is InChI=1S/C8H10F6O3/c9-3-7(11,12)15-1-5-6(17-5)2-16-8(13,14)4-10/h5-6H,1-4H2. The van der Waals surface area contributed by atoms with Gasteiger partial charge in [0.2, 0.25) is 0 Å². The Morgan fingerprint density at radius 2 is 1.18 bits per heavy atom. The topological polar surface area (TPSA) is 31.0 Å². The Kier molecular flexibility index (Phi) is 4.62. The van der Waals surface area contributed by atoms with Crippen LogP contribution in [0.25, 0.3) is 0 Å². The molecule has 0 aromatic heterocycles. The van der Waals surface area contributed by atoms with E-state index in [9.17, 15) is 26.3 Å². The first-order valence-corrected chi connectivity index (χ1v) is 4.60. The lowest BCUT2D eigenvalue weighted by Gasteiger charge is -2.12. The molecule has 3 nitrogen and oxygen atoms in total. The molecule has 1 aliphatic heterocycles. The lowest BCUT2D eigenvalue weighted by molar-refractivity contribution is -0.250. The Labute approximate surface area is 92.6 Å². The van der Waals surface area contributed by atoms with Gasteiger partial charge in [-0.05, 0) is 0 Å². The molecule has 2 atom stereocenters. The van der Waals surface area contributed by atoms with Gasteiger partial charge in [-0.15, -0.1) is 0 Å². The van der Waals surface area contributed by atoms with E-state index in [1.165, 1.54) is 0 Å². The molecule has 0 aromatic rings. The maximum atomic E-state index is 12.2. The third-order valence-corrected chi connectivity index (χ3v) is 1.92. The van der Waals surface area contributed by atoms with Gasteiger partial charge in [0.05, 0.1) is 13.2 Å². The quantitative estimate of drug-likeness (QED) is 0.497. The maximum absolute atomic E-state index is 12.2. The second kappa shape index (κ2) is 5.40. The van der Waals surface area contributed by atoms with Crippen LogP contribution in [0.1, 0.15) is 0 Å². The first-order chi connectivity index (χ1) is 7.79. The molecule has 0 bridgehead atoms. The number of ether oxygens (including phenoxy) is 3. The molecule has 0 radical (unpaired) electrons. The Hall–Kier alpha value is -0.540. The minimum absolute atomic E-state index is 0.647. The van der Waals surface area contributed by atoms with E-state index in [1.54, 1.807) is 0 Å². The fourth-order valence-electron chi connectivity index (χ4n) is 0.958. The molecule has 1 rings (SSSR count). The van der Waals surface area contributed by atoms with Crippen LogP contribution in [-0.4, -0.2) is 51.0 Å². The van der Waals surface area contributed by atoms with Crippen LogP contribution in [0.3, 0.4) is 0 Å². The molecule has 1 heterocycles. The molecule has 0 aliphatic carbocycles. The zero-order valence-electron chi connectivity index (χ0n) is 8.48. The number of halogens is 6. The number of hydrogen-bond acceptors (Lipinski definition) is 3. The van der Waals surface area contributed by atoms with Gasteiger partial charge in [0, 0.05) is 0 Å². The molecular weight excluding hydrogens is 258 g/mol. The molecule has 102 valence electrons. The molecule has 17 heavy (non-hydrogen) atoms. The normalized spacial score (nSPS) is 25.1. The molecule has 2 unspecified atom stereocenters. The van der Waals surface area contributed by atoms with Crippen molar-refractivity contribution in [1.82, 2.24) is 0 Å². The molecule has 1 aliphatic rings. The molecular formula is C8H10F6O3. The van der Waals surface area contributed by atoms with Crippen molar-refractivity contribution in [3.05, 3.63) is 0 Å². The molecule has 0 spiro atoms. The third kappa shape index (κ3) is 5.09. The van der Waals surface area contributed by atoms with Crippen LogP contribution in [0.4, 0.5) is 26.3 Å². The summed E-state index contributed by atoms with van der Waals surface area (Å²) in [4.78, 5) is 0. The minimum Gasteiger partial charge on any atom is -0.365 e. The van der Waals surface area contributed by atoms with E-state index in [-0.39, 0.29) is 0 Å². The van der Waals surface area contributed by atoms with Gasteiger partial charge in [-0.2, -0.15) is 17.6 Å². The SMILES string of the molecule is FCC(F)(F)OCC1OC1COC(F)(F)CF. The van der Waals surface area contributed by atoms with E-state index in [0.717, 1.165) is 0 Å². The molecule has 1 fully saturated rings. The van der Waals surface area contributed by atoms with Crippen LogP contribution in [0.5, 0.6) is 0 Å². The van der Waals surface area contributed by atoms with Gasteiger partial charge < -0.3 is 14.2 Å². The Morgan fingerprint density at radius 3 is 1.47 bits per heavy atom. The van der Waals surface area contributed by atoms with Crippen molar-refractivity contribution in [3.63, 3.8) is 0 Å². The van der Waals surface area contributed by atoms with Crippen molar-refractivity contribution in [3.8, 4) is 0 Å². The highest BCUT2D eigenvalue weighted by Gasteiger charge is 2.44. The van der Waals surface area contributed by atoms with Crippen LogP contribution >= 0.6 is 0 Å². The van der Waals surface area contributed by atoms with E-state index in [1.807, 2.05) is 0 Å². The summed E-state index contributed by atoms with van der Waals surface area (Å²) in [5.41, 5.74) is 0. The van der Waals surface area contributed by atoms with Gasteiger partial charge in [-0.3, -0.25) is 0 Å². The van der Waals surface area contributed by atoms with Crippen LogP contribution in [0.15, 0.2) is 0 Å². The van der Waals surface area contributed by atoms with Gasteiger partial charge in [-0.25, -0.2) is 8.78 Å². The van der Waals surface area contributed by atoms with Crippen LogP contribution < -0.4 is 0 Å². The summed E-state index contributed by atoms with van der Waals surface area (Å²) in [5.74, 6) is 0. The monoisotopic (exact) mass is 268 g/mol. The second-order valence-corrected chi connectivity index (χ2v) is 3.38. The van der Waals surface area contributed by atoms with Gasteiger partial charge in [-0.1, -0.05) is 0 Å². The van der Waals surface area contributed by atoms with Crippen molar-refractivity contribution in [2.75, 3.05) is 26.6 Å². The minimum atomic E-state index is -3.92. The molecule has 1 saturated heterocycles. The predicted octanol–water partition coefficient (Wildman–Crippen LogP) is 1.91. The average Bonchev–Trinajstić information content (AvgIpc) is 3.03. The number of alkyl halides is 6. The zero-order valence-corrected chi connectivity index (χ0v) is 8.48. The fraction of sp³-hybridized carbons (Fsp3) is 1.00. The predicted molar refractivity (Wildman–Crippen MR) is 42.4 cm³/mol. The molecule has 0 saturated carbocycles. The summed E-state index contributed by atoms with van der Waals surface area (Å²) in [6, 6.07) is 0. The van der Waals surface area contributed by atoms with Gasteiger partial charge in [0.15, 0.2) is 13.3 Å². The van der Waals surface area contributed by atoms with E-state index >= 15 is 0 Å². The van der Waals surface area contributed by atoms with Crippen molar-refractivity contribution in [1.29, 1.82) is 0 Å². The summed E-state index contributed by atoms with van der Waals surface area (Å²) in [6.07, 6.45) is -9.58. The van der Waals surface area contributed by atoms with Crippen LogP contribution in [-0.2, 0) is 14.2 Å². The molecule has 0 amide bonds. The summed E-state index contributed by atoms with van der Waals surface area (Å²) in [7, 11) is 0. The van der Waals surface area contributed by atoms with Crippen molar-refractivity contribution in [2.45, 2.75) is 24.4 Å². The molecule has 9 heteroatoms. The van der Waals surface area contributed by atoms with Crippen molar-refractivity contribution in [2.24, 2.45) is 0 Å². The second-order valence-electron chi connectivity index (χ2n) is 3.38. The van der Waals surface area contributed by atoms with Gasteiger partial charge >= 0.3 is 12.2 Å². The highest BCUT2D eigenvalue weighted by Crippen LogP contribution is 2.28. The first-order valence-electron chi connectivity index (χ1n) is 4.60. The fourth-order valence-corrected chi connectivity index (χ4v) is 0.958. The van der Waals surface area contributed by atoms with E-state index in [4.69, 9.17) is 0 Å². The Morgan fingerprint density at radius 1 is 0.824 bits per heavy atom. The smallest absolute Gasteiger partial charge is 0.365 e. The molecule has 0 aromatic carbocycles. The van der Waals surface area contributed by atoms with E-state index in [0.29, 0.717) is 0 Å². The highest BCUT2D eigenvalue weighted by molar-refractivity contribution is 4.85. The maximum Gasteiger partial charge on any atom is 0.384 e. The summed E-state index contributed by atoms with van der Waals surface area (Å²) in [6.45, 7) is -5.26. The van der Waals surface area contributed by atoms with Crippen molar-refractivity contribution < 1.29 is 40.6 Å². The van der Waals surface area contributed by atoms with Crippen LogP contribution in [0.2, 0.25) is 0 Å². The summed E-state index contributed by atoms with van der Waals surface area (Å²) >= 11 is 0. The highest BCUT2D eigenvalue weighted by atomic mass is 19.3. The first kappa shape index (κ1) is 14.5. The summed E-state index contributed by atoms with van der Waals surface area (Å²) in [5, 5.41) is 0. The number of epoxide rings is 1. The summed E-state index contributed by atoms with van der Waals surface area (Å²) < 4.78 is 84.5. The largest absolute Gasteiger partial charge is 0.384 e. The molecule has 0 N–H and O–H groups in total. The van der Waals surface area contributed by atoms with Crippen molar-refractivity contribution >= 4 is 0 Å². The van der Waals surface area contributed by atoms with E-state index < -0.39 is 51.0 Å². The zero-order chi connectivity index (χ0) is 13.1. The van der Waals surface area contributed by atoms with E-state index in [2.05, 4.69) is 14.2 Å². The van der Waals surface area contributed by atoms with Crippen LogP contribution in [0, 0.1) is 0 Å². The number of hydrogen-bond donors (Lipinski definition) is 0. The lowest BCUT2D eigenvalue weighted by Crippen LogP contribution is -2.28. The lowest BCUT2D eigenvalue weighted by atomic mass is 10.3.